The van der Waals surface area contributed by atoms with E-state index in [1.54, 1.807) is 19.1 Å². The number of nitrogens with two attached hydrogens (primary N) is 1. The largest absolute Gasteiger partial charge is 0.323 e. The highest BCUT2D eigenvalue weighted by Crippen LogP contribution is 2.16. The summed E-state index contributed by atoms with van der Waals surface area (Å²) in [4.78, 5) is 0. The Labute approximate surface area is 76.8 Å². The van der Waals surface area contributed by atoms with E-state index in [9.17, 15) is 4.39 Å². The summed E-state index contributed by atoms with van der Waals surface area (Å²) in [6.07, 6.45) is 0.255. The fourth-order valence-electron chi connectivity index (χ4n) is 1.11. The molecule has 0 aliphatic heterocycles. The van der Waals surface area contributed by atoms with E-state index in [0.29, 0.717) is 5.56 Å². The number of nitrogens with zero attached hydrogens (tertiary/aromatic N) is 1. The molecule has 0 fully saturated rings. The third-order valence-corrected chi connectivity index (χ3v) is 1.92. The first-order valence-corrected chi connectivity index (χ1v) is 4.03. The van der Waals surface area contributed by atoms with Crippen molar-refractivity contribution >= 4 is 0 Å². The Balaban J connectivity index is 2.91. The first kappa shape index (κ1) is 9.69. The summed E-state index contributed by atoms with van der Waals surface area (Å²) in [7, 11) is 0. The van der Waals surface area contributed by atoms with Gasteiger partial charge in [-0.3, -0.25) is 0 Å². The zero-order valence-electron chi connectivity index (χ0n) is 7.42. The Morgan fingerprint density at radius 1 is 1.62 bits per heavy atom. The third kappa shape index (κ3) is 2.27. The van der Waals surface area contributed by atoms with E-state index in [1.165, 1.54) is 6.07 Å². The van der Waals surface area contributed by atoms with E-state index >= 15 is 0 Å². The Bertz CT molecular complexity index is 341. The van der Waals surface area contributed by atoms with Crippen LogP contribution in [0.15, 0.2) is 18.2 Å². The molecule has 2 nitrogen and oxygen atoms in total. The van der Waals surface area contributed by atoms with Crippen LogP contribution in [0.4, 0.5) is 4.39 Å². The van der Waals surface area contributed by atoms with Crippen LogP contribution in [-0.2, 0) is 0 Å². The van der Waals surface area contributed by atoms with Crippen molar-refractivity contribution in [3.8, 4) is 6.07 Å². The van der Waals surface area contributed by atoms with Gasteiger partial charge in [0.25, 0.3) is 0 Å². The highest BCUT2D eigenvalue weighted by Gasteiger charge is 2.06. The van der Waals surface area contributed by atoms with Crippen LogP contribution in [0.25, 0.3) is 0 Å². The van der Waals surface area contributed by atoms with Crippen LogP contribution in [0.3, 0.4) is 0 Å². The van der Waals surface area contributed by atoms with E-state index in [-0.39, 0.29) is 18.3 Å². The van der Waals surface area contributed by atoms with Crippen molar-refractivity contribution < 1.29 is 4.39 Å². The van der Waals surface area contributed by atoms with Crippen LogP contribution in [-0.4, -0.2) is 0 Å². The highest BCUT2D eigenvalue weighted by atomic mass is 19.1. The molecule has 0 radical (unpaired) electrons. The van der Waals surface area contributed by atoms with Gasteiger partial charge in [-0.2, -0.15) is 5.26 Å². The summed E-state index contributed by atoms with van der Waals surface area (Å²) in [5.74, 6) is -0.243. The monoisotopic (exact) mass is 178 g/mol. The quantitative estimate of drug-likeness (QED) is 0.753. The molecule has 2 N–H and O–H groups in total. The lowest BCUT2D eigenvalue weighted by atomic mass is 10.0. The van der Waals surface area contributed by atoms with E-state index < -0.39 is 0 Å². The minimum Gasteiger partial charge on any atom is -0.323 e. The van der Waals surface area contributed by atoms with Crippen LogP contribution in [0, 0.1) is 24.1 Å². The number of benzene rings is 1. The van der Waals surface area contributed by atoms with Gasteiger partial charge in [-0.1, -0.05) is 12.1 Å². The zero-order valence-corrected chi connectivity index (χ0v) is 7.42. The average Bonchev–Trinajstić information content (AvgIpc) is 2.10. The van der Waals surface area contributed by atoms with Crippen molar-refractivity contribution in [3.05, 3.63) is 35.1 Å². The second-order valence-corrected chi connectivity index (χ2v) is 2.98. The number of hydrogen-bond donors (Lipinski definition) is 1. The van der Waals surface area contributed by atoms with Gasteiger partial charge in [-0.15, -0.1) is 0 Å². The number of hydrogen-bond acceptors (Lipinski definition) is 2. The zero-order chi connectivity index (χ0) is 9.84. The predicted molar refractivity (Wildman–Crippen MR) is 48.3 cm³/mol. The van der Waals surface area contributed by atoms with Crippen molar-refractivity contribution in [1.29, 1.82) is 5.26 Å². The van der Waals surface area contributed by atoms with Gasteiger partial charge in [-0.05, 0) is 24.1 Å². The van der Waals surface area contributed by atoms with E-state index in [0.717, 1.165) is 5.56 Å². The molecule has 0 bridgehead atoms. The van der Waals surface area contributed by atoms with Crippen molar-refractivity contribution in [1.82, 2.24) is 0 Å². The molecular weight excluding hydrogens is 167 g/mol. The van der Waals surface area contributed by atoms with Gasteiger partial charge < -0.3 is 5.73 Å². The normalized spacial score (nSPS) is 12.2. The molecule has 68 valence electrons. The van der Waals surface area contributed by atoms with Gasteiger partial charge in [0.1, 0.15) is 5.82 Å². The Morgan fingerprint density at radius 3 is 2.85 bits per heavy atom. The predicted octanol–water partition coefficient (Wildman–Crippen LogP) is 2.05. The molecular formula is C10H11FN2. The second kappa shape index (κ2) is 4.01. The van der Waals surface area contributed by atoms with E-state index in [4.69, 9.17) is 11.0 Å². The van der Waals surface area contributed by atoms with Gasteiger partial charge in [0.2, 0.25) is 0 Å². The lowest BCUT2D eigenvalue weighted by Gasteiger charge is -2.08. The van der Waals surface area contributed by atoms with E-state index in [2.05, 4.69) is 0 Å². The molecule has 0 aromatic heterocycles. The molecule has 0 heterocycles. The van der Waals surface area contributed by atoms with Gasteiger partial charge in [0, 0.05) is 6.04 Å². The maximum absolute atomic E-state index is 12.8. The summed E-state index contributed by atoms with van der Waals surface area (Å²) < 4.78 is 12.8. The standard InChI is InChI=1S/C10H11FN2/c1-7-6-8(2-3-9(7)11)10(13)4-5-12/h2-3,6,10H,4,13H2,1H3/t10-/m0/s1. The fraction of sp³-hybridized carbons (Fsp3) is 0.300. The van der Waals surface area contributed by atoms with Gasteiger partial charge in [0.15, 0.2) is 0 Å². The summed E-state index contributed by atoms with van der Waals surface area (Å²) in [6, 6.07) is 6.34. The molecule has 3 heteroatoms. The molecule has 0 saturated carbocycles. The third-order valence-electron chi connectivity index (χ3n) is 1.92. The fourth-order valence-corrected chi connectivity index (χ4v) is 1.11. The Morgan fingerprint density at radius 2 is 2.31 bits per heavy atom. The first-order valence-electron chi connectivity index (χ1n) is 4.03. The van der Waals surface area contributed by atoms with E-state index in [1.807, 2.05) is 6.07 Å². The Kier molecular flexibility index (Phi) is 2.99. The van der Waals surface area contributed by atoms with Crippen molar-refractivity contribution in [2.24, 2.45) is 5.73 Å². The number of aryl methyl sites for hydroxylation is 1. The molecule has 1 rings (SSSR count). The van der Waals surface area contributed by atoms with Crippen LogP contribution < -0.4 is 5.73 Å². The molecule has 1 aromatic carbocycles. The van der Waals surface area contributed by atoms with Crippen molar-refractivity contribution in [3.63, 3.8) is 0 Å². The van der Waals surface area contributed by atoms with Gasteiger partial charge >= 0.3 is 0 Å². The maximum Gasteiger partial charge on any atom is 0.126 e. The second-order valence-electron chi connectivity index (χ2n) is 2.98. The molecule has 13 heavy (non-hydrogen) atoms. The maximum atomic E-state index is 12.8. The molecule has 1 aromatic rings. The summed E-state index contributed by atoms with van der Waals surface area (Å²) in [6.45, 7) is 1.68. The SMILES string of the molecule is Cc1cc([C@@H](N)CC#N)ccc1F. The lowest BCUT2D eigenvalue weighted by Crippen LogP contribution is -2.09. The van der Waals surface area contributed by atoms with Crippen LogP contribution >= 0.6 is 0 Å². The lowest BCUT2D eigenvalue weighted by molar-refractivity contribution is 0.615. The summed E-state index contributed by atoms with van der Waals surface area (Å²) in [5, 5.41) is 8.42. The molecule has 0 spiro atoms. The first-order chi connectivity index (χ1) is 6.15. The smallest absolute Gasteiger partial charge is 0.126 e. The van der Waals surface area contributed by atoms with Crippen LogP contribution in [0.2, 0.25) is 0 Å². The molecule has 1 atom stereocenters. The Hall–Kier alpha value is -1.40. The number of halogens is 1. The number of nitriles is 1. The van der Waals surface area contributed by atoms with Crippen molar-refractivity contribution in [2.75, 3.05) is 0 Å². The van der Waals surface area contributed by atoms with Crippen LogP contribution in [0.1, 0.15) is 23.6 Å². The molecule has 0 unspecified atom stereocenters. The summed E-state index contributed by atoms with van der Waals surface area (Å²) >= 11 is 0. The van der Waals surface area contributed by atoms with Crippen molar-refractivity contribution in [2.45, 2.75) is 19.4 Å². The molecule has 0 amide bonds. The van der Waals surface area contributed by atoms with Crippen LogP contribution in [0.5, 0.6) is 0 Å². The number of rotatable bonds is 2. The average molecular weight is 178 g/mol. The minimum atomic E-state index is -0.315. The molecule has 0 saturated heterocycles. The molecule has 0 aliphatic carbocycles. The summed E-state index contributed by atoms with van der Waals surface area (Å²) in [5.41, 5.74) is 7.05. The topological polar surface area (TPSA) is 49.8 Å². The minimum absolute atomic E-state index is 0.243. The highest BCUT2D eigenvalue weighted by molar-refractivity contribution is 5.26. The van der Waals surface area contributed by atoms with Gasteiger partial charge in [0.05, 0.1) is 12.5 Å². The van der Waals surface area contributed by atoms with Gasteiger partial charge in [-0.25, -0.2) is 4.39 Å². The molecule has 0 aliphatic rings.